The normalized spacial score (nSPS) is 11.7. The average molecular weight is 626 g/mol. The molecule has 10 rings (SSSR count). The summed E-state index contributed by atoms with van der Waals surface area (Å²) in [5.74, 6) is 1.84. The molecule has 2 aromatic heterocycles. The van der Waals surface area contributed by atoms with Crippen LogP contribution in [0.3, 0.4) is 0 Å². The van der Waals surface area contributed by atoms with Crippen LogP contribution in [0.2, 0.25) is 0 Å². The maximum absolute atomic E-state index is 6.41. The van der Waals surface area contributed by atoms with Gasteiger partial charge in [0.25, 0.3) is 0 Å². The summed E-state index contributed by atoms with van der Waals surface area (Å²) >= 11 is 0. The molecule has 0 spiro atoms. The van der Waals surface area contributed by atoms with E-state index < -0.39 is 0 Å². The van der Waals surface area contributed by atoms with E-state index in [0.717, 1.165) is 55.0 Å². The van der Waals surface area contributed by atoms with Crippen LogP contribution in [-0.4, -0.2) is 15.0 Å². The van der Waals surface area contributed by atoms with Crippen molar-refractivity contribution >= 4 is 54.3 Å². The van der Waals surface area contributed by atoms with E-state index in [4.69, 9.17) is 19.4 Å². The molecule has 0 saturated carbocycles. The van der Waals surface area contributed by atoms with E-state index in [1.54, 1.807) is 0 Å². The quantitative estimate of drug-likeness (QED) is 0.195. The fourth-order valence-electron chi connectivity index (χ4n) is 6.87. The lowest BCUT2D eigenvalue weighted by molar-refractivity contribution is 0.669. The Morgan fingerprint density at radius 2 is 0.714 bits per heavy atom. The Morgan fingerprint density at radius 1 is 0.286 bits per heavy atom. The molecule has 0 aliphatic rings. The summed E-state index contributed by atoms with van der Waals surface area (Å²) in [5, 5.41) is 9.28. The maximum atomic E-state index is 6.41. The average Bonchev–Trinajstić information content (AvgIpc) is 3.53. The Balaban J connectivity index is 1.10. The van der Waals surface area contributed by atoms with Crippen LogP contribution in [0.4, 0.5) is 0 Å². The van der Waals surface area contributed by atoms with Crippen LogP contribution in [0, 0.1) is 0 Å². The number of furan rings is 1. The Bertz CT molecular complexity index is 2890. The van der Waals surface area contributed by atoms with Crippen molar-refractivity contribution in [3.63, 3.8) is 0 Å². The number of rotatable bonds is 4. The van der Waals surface area contributed by atoms with E-state index in [9.17, 15) is 0 Å². The topological polar surface area (TPSA) is 51.8 Å². The van der Waals surface area contributed by atoms with Gasteiger partial charge in [-0.3, -0.25) is 0 Å². The summed E-state index contributed by atoms with van der Waals surface area (Å²) in [6, 6.07) is 57.1. The summed E-state index contributed by atoms with van der Waals surface area (Å²) in [5.41, 5.74) is 6.71. The van der Waals surface area contributed by atoms with Crippen molar-refractivity contribution in [2.24, 2.45) is 0 Å². The van der Waals surface area contributed by atoms with Gasteiger partial charge in [0.1, 0.15) is 11.2 Å². The first-order chi connectivity index (χ1) is 24.2. The standard InChI is InChI=1S/C45H27N3O/c1-3-9-32-23-36(19-15-28(32)7-1)30-13-17-31(18-14-30)43-46-44(37-20-16-29-8-2-4-10-33(29)24-37)48-45(47-43)38-21-22-39-40-25-34-11-5-6-12-35(34)26-42(40)49-41(39)27-38/h1-27H. The predicted octanol–water partition coefficient (Wildman–Crippen LogP) is 11.9. The van der Waals surface area contributed by atoms with E-state index in [1.807, 2.05) is 6.07 Å². The van der Waals surface area contributed by atoms with Gasteiger partial charge in [0.15, 0.2) is 17.5 Å². The van der Waals surface area contributed by atoms with Crippen LogP contribution in [0.15, 0.2) is 168 Å². The molecule has 4 nitrogen and oxygen atoms in total. The minimum Gasteiger partial charge on any atom is -0.456 e. The number of benzene rings is 8. The first-order valence-electron chi connectivity index (χ1n) is 16.4. The Kier molecular flexibility index (Phi) is 6.15. The number of nitrogens with zero attached hydrogens (tertiary/aromatic N) is 3. The molecule has 0 aliphatic carbocycles. The zero-order valence-corrected chi connectivity index (χ0v) is 26.3. The van der Waals surface area contributed by atoms with Gasteiger partial charge in [0.05, 0.1) is 0 Å². The first kappa shape index (κ1) is 27.5. The minimum atomic E-state index is 0.597. The van der Waals surface area contributed by atoms with Gasteiger partial charge in [-0.2, -0.15) is 0 Å². The molecule has 0 saturated heterocycles. The van der Waals surface area contributed by atoms with Crippen LogP contribution in [0.25, 0.3) is 99.5 Å². The minimum absolute atomic E-state index is 0.597. The van der Waals surface area contributed by atoms with Crippen LogP contribution in [-0.2, 0) is 0 Å². The van der Waals surface area contributed by atoms with Crippen molar-refractivity contribution in [2.45, 2.75) is 0 Å². The van der Waals surface area contributed by atoms with E-state index in [2.05, 4.69) is 158 Å². The highest BCUT2D eigenvalue weighted by atomic mass is 16.3. The highest BCUT2D eigenvalue weighted by molar-refractivity contribution is 6.10. The third-order valence-electron chi connectivity index (χ3n) is 9.47. The molecule has 4 heteroatoms. The van der Waals surface area contributed by atoms with Gasteiger partial charge in [-0.1, -0.05) is 127 Å². The smallest absolute Gasteiger partial charge is 0.164 e. The molecule has 0 N–H and O–H groups in total. The van der Waals surface area contributed by atoms with Gasteiger partial charge in [0, 0.05) is 27.5 Å². The van der Waals surface area contributed by atoms with Crippen molar-refractivity contribution in [3.05, 3.63) is 164 Å². The fraction of sp³-hybridized carbons (Fsp3) is 0. The van der Waals surface area contributed by atoms with E-state index in [-0.39, 0.29) is 0 Å². The molecule has 49 heavy (non-hydrogen) atoms. The number of hydrogen-bond acceptors (Lipinski definition) is 4. The molecule has 0 unspecified atom stereocenters. The van der Waals surface area contributed by atoms with Gasteiger partial charge >= 0.3 is 0 Å². The van der Waals surface area contributed by atoms with E-state index in [0.29, 0.717) is 17.5 Å². The second-order valence-corrected chi connectivity index (χ2v) is 12.5. The summed E-state index contributed by atoms with van der Waals surface area (Å²) in [7, 11) is 0. The third-order valence-corrected chi connectivity index (χ3v) is 9.47. The SMILES string of the molecule is c1ccc2cc(-c3ccc(-c4nc(-c5ccc6ccccc6c5)nc(-c5ccc6c(c5)oc5cc7ccccc7cc56)n4)cc3)ccc2c1. The Morgan fingerprint density at radius 3 is 1.37 bits per heavy atom. The molecule has 10 aromatic rings. The van der Waals surface area contributed by atoms with Gasteiger partial charge in [0.2, 0.25) is 0 Å². The summed E-state index contributed by atoms with van der Waals surface area (Å²) in [6.07, 6.45) is 0. The third kappa shape index (κ3) is 4.81. The molecule has 8 aromatic carbocycles. The molecule has 0 aliphatic heterocycles. The second kappa shape index (κ2) is 11.0. The predicted molar refractivity (Wildman–Crippen MR) is 201 cm³/mol. The molecule has 0 bridgehead atoms. The molecule has 0 atom stereocenters. The molecular formula is C45H27N3O. The van der Waals surface area contributed by atoms with E-state index in [1.165, 1.54) is 27.1 Å². The second-order valence-electron chi connectivity index (χ2n) is 12.5. The molecule has 0 radical (unpaired) electrons. The molecule has 0 amide bonds. The van der Waals surface area contributed by atoms with Crippen LogP contribution < -0.4 is 0 Å². The largest absolute Gasteiger partial charge is 0.456 e. The zero-order valence-electron chi connectivity index (χ0n) is 26.3. The van der Waals surface area contributed by atoms with Crippen molar-refractivity contribution < 1.29 is 4.42 Å². The molecule has 0 fully saturated rings. The molecular weight excluding hydrogens is 599 g/mol. The lowest BCUT2D eigenvalue weighted by Gasteiger charge is -2.10. The van der Waals surface area contributed by atoms with E-state index >= 15 is 0 Å². The number of fused-ring (bicyclic) bond motifs is 6. The number of aromatic nitrogens is 3. The summed E-state index contributed by atoms with van der Waals surface area (Å²) in [4.78, 5) is 15.1. The molecule has 228 valence electrons. The Labute approximate surface area is 282 Å². The zero-order chi connectivity index (χ0) is 32.3. The van der Waals surface area contributed by atoms with Gasteiger partial charge in [-0.25, -0.2) is 15.0 Å². The highest BCUT2D eigenvalue weighted by Gasteiger charge is 2.16. The fourth-order valence-corrected chi connectivity index (χ4v) is 6.87. The van der Waals surface area contributed by atoms with Crippen molar-refractivity contribution in [1.29, 1.82) is 0 Å². The lowest BCUT2D eigenvalue weighted by Crippen LogP contribution is -2.00. The van der Waals surface area contributed by atoms with Crippen molar-refractivity contribution in [2.75, 3.05) is 0 Å². The van der Waals surface area contributed by atoms with Crippen molar-refractivity contribution in [1.82, 2.24) is 15.0 Å². The van der Waals surface area contributed by atoms with Crippen molar-refractivity contribution in [3.8, 4) is 45.3 Å². The highest BCUT2D eigenvalue weighted by Crippen LogP contribution is 2.35. The van der Waals surface area contributed by atoms with Crippen LogP contribution >= 0.6 is 0 Å². The maximum Gasteiger partial charge on any atom is 0.164 e. The van der Waals surface area contributed by atoms with Gasteiger partial charge in [-0.15, -0.1) is 0 Å². The summed E-state index contributed by atoms with van der Waals surface area (Å²) in [6.45, 7) is 0. The lowest BCUT2D eigenvalue weighted by atomic mass is 10.00. The van der Waals surface area contributed by atoms with Crippen LogP contribution in [0.1, 0.15) is 0 Å². The summed E-state index contributed by atoms with van der Waals surface area (Å²) < 4.78 is 6.41. The van der Waals surface area contributed by atoms with Gasteiger partial charge < -0.3 is 4.42 Å². The van der Waals surface area contributed by atoms with Gasteiger partial charge in [-0.05, 0) is 79.8 Å². The number of hydrogen-bond donors (Lipinski definition) is 0. The Hall–Kier alpha value is -6.65. The van der Waals surface area contributed by atoms with Crippen LogP contribution in [0.5, 0.6) is 0 Å². The monoisotopic (exact) mass is 625 g/mol. The molecule has 2 heterocycles. The first-order valence-corrected chi connectivity index (χ1v) is 16.4.